The fourth-order valence-corrected chi connectivity index (χ4v) is 10.4. The van der Waals surface area contributed by atoms with Crippen LogP contribution in [-0.2, 0) is 11.3 Å². The summed E-state index contributed by atoms with van der Waals surface area (Å²) < 4.78 is 13.3. The van der Waals surface area contributed by atoms with Crippen LogP contribution in [-0.4, -0.2) is 40.1 Å². The molecule has 272 valence electrons. The molecule has 2 aromatic heterocycles. The second-order valence-corrected chi connectivity index (χ2v) is 16.3. The number of nitrogens with one attached hydrogen (secondary N) is 1. The summed E-state index contributed by atoms with van der Waals surface area (Å²) in [6, 6.07) is 8.12. The van der Waals surface area contributed by atoms with Crippen molar-refractivity contribution >= 4 is 22.7 Å². The van der Waals surface area contributed by atoms with Crippen LogP contribution < -0.4 is 14.8 Å². The van der Waals surface area contributed by atoms with Gasteiger partial charge in [-0.25, -0.2) is 4.98 Å². The molecule has 50 heavy (non-hydrogen) atoms. The van der Waals surface area contributed by atoms with Crippen LogP contribution in [0.4, 0.5) is 5.82 Å². The molecular weight excluding hydrogens is 624 g/mol. The number of pyridine rings is 1. The number of hydrogen-bond acceptors (Lipinski definition) is 6. The number of methoxy groups -OCH3 is 2. The first-order valence-corrected chi connectivity index (χ1v) is 20.0. The first-order chi connectivity index (χ1) is 24.4. The summed E-state index contributed by atoms with van der Waals surface area (Å²) in [6.07, 6.45) is 23.3. The zero-order valence-corrected chi connectivity index (χ0v) is 30.7. The minimum absolute atomic E-state index is 0.0860. The summed E-state index contributed by atoms with van der Waals surface area (Å²) in [5.41, 5.74) is 3.30. The average molecular weight is 685 g/mol. The quantitative estimate of drug-likeness (QED) is 0.207. The summed E-state index contributed by atoms with van der Waals surface area (Å²) in [6.45, 7) is 3.13. The van der Waals surface area contributed by atoms with Crippen molar-refractivity contribution in [2.75, 3.05) is 19.5 Å². The Kier molecular flexibility index (Phi) is 11.2. The van der Waals surface area contributed by atoms with E-state index in [2.05, 4.69) is 23.0 Å². The number of rotatable bonds is 11. The van der Waals surface area contributed by atoms with E-state index in [0.717, 1.165) is 70.8 Å². The summed E-state index contributed by atoms with van der Waals surface area (Å²) in [4.78, 5) is 17.0. The Balaban J connectivity index is 1.14. The molecule has 4 aliphatic rings. The van der Waals surface area contributed by atoms with Crippen LogP contribution >= 0.6 is 0 Å². The first kappa shape index (κ1) is 35.1. The summed E-state index contributed by atoms with van der Waals surface area (Å²) in [7, 11) is 3.36. The lowest BCUT2D eigenvalue weighted by molar-refractivity contribution is -0.143. The van der Waals surface area contributed by atoms with Crippen molar-refractivity contribution < 1.29 is 19.4 Å². The number of carbonyl (C=O) groups is 1. The van der Waals surface area contributed by atoms with E-state index < -0.39 is 5.97 Å². The normalized spacial score (nSPS) is 28.4. The first-order valence-electron chi connectivity index (χ1n) is 20.0. The molecule has 4 saturated carbocycles. The molecule has 7 rings (SSSR count). The number of carboxylic acid groups (broad SMARTS) is 1. The van der Waals surface area contributed by atoms with E-state index in [0.29, 0.717) is 30.7 Å². The smallest absolute Gasteiger partial charge is 0.306 e. The number of anilines is 1. The molecule has 0 saturated heterocycles. The third-order valence-corrected chi connectivity index (χ3v) is 13.3. The van der Waals surface area contributed by atoms with Crippen LogP contribution in [0.1, 0.15) is 139 Å². The molecule has 0 spiro atoms. The highest BCUT2D eigenvalue weighted by molar-refractivity contribution is 5.93. The lowest BCUT2D eigenvalue weighted by atomic mass is 9.76. The van der Waals surface area contributed by atoms with E-state index in [4.69, 9.17) is 19.6 Å². The van der Waals surface area contributed by atoms with Crippen molar-refractivity contribution in [3.63, 3.8) is 0 Å². The number of benzene rings is 1. The molecule has 8 heteroatoms. The molecule has 0 aliphatic heterocycles. The van der Waals surface area contributed by atoms with Gasteiger partial charge in [-0.3, -0.25) is 9.48 Å². The summed E-state index contributed by atoms with van der Waals surface area (Å²) >= 11 is 0. The average Bonchev–Trinajstić information content (AvgIpc) is 3.62. The highest BCUT2D eigenvalue weighted by Crippen LogP contribution is 2.61. The highest BCUT2D eigenvalue weighted by Gasteiger charge is 2.53. The molecule has 1 aromatic carbocycles. The zero-order chi connectivity index (χ0) is 34.6. The number of carboxylic acids is 1. The third kappa shape index (κ3) is 7.64. The van der Waals surface area contributed by atoms with Crippen LogP contribution in [0.25, 0.3) is 10.9 Å². The van der Waals surface area contributed by atoms with Crippen LogP contribution in [0.2, 0.25) is 0 Å². The maximum atomic E-state index is 12.1. The Morgan fingerprint density at radius 1 is 0.920 bits per heavy atom. The van der Waals surface area contributed by atoms with Crippen LogP contribution in [0.3, 0.4) is 0 Å². The van der Waals surface area contributed by atoms with Crippen molar-refractivity contribution in [1.29, 1.82) is 0 Å². The van der Waals surface area contributed by atoms with E-state index in [1.54, 1.807) is 14.2 Å². The number of fused-ring (bicyclic) bond motifs is 2. The molecular formula is C42H60N4O4. The SMILES string of the molecule is COc1ccc(CNc2nccc3c2c(C2C4CCCC(C(C)CC5CCCCCCC5)CCC42)nn3[C@@H]2CCC[C@@H](C(=O)O)C2)c(OC)c1. The van der Waals surface area contributed by atoms with Crippen LogP contribution in [0, 0.1) is 35.5 Å². The molecule has 8 nitrogen and oxygen atoms in total. The molecule has 5 unspecified atom stereocenters. The largest absolute Gasteiger partial charge is 0.497 e. The zero-order valence-electron chi connectivity index (χ0n) is 30.7. The maximum absolute atomic E-state index is 12.1. The van der Waals surface area contributed by atoms with Gasteiger partial charge in [0.15, 0.2) is 0 Å². The maximum Gasteiger partial charge on any atom is 0.306 e. The molecule has 2 heterocycles. The molecule has 7 atom stereocenters. The standard InChI is InChI=1S/C42H60N4O4/c1-27(23-28-11-7-5-4-6-8-12-28)29-13-10-16-34-35(20-18-29)38(34)40-39-36(46(45-40)32-15-9-14-30(24-32)42(47)48)21-22-43-41(39)44-26-31-17-19-33(49-2)25-37(31)50-3/h17,19,21-22,25,27-30,32,34-35,38H,4-16,18,20,23-24,26H2,1-3H3,(H,43,44)(H,47,48)/t27?,29?,30-,32-,34?,35?,38?/m1/s1. The van der Waals surface area contributed by atoms with E-state index in [-0.39, 0.29) is 12.0 Å². The van der Waals surface area contributed by atoms with Crippen molar-refractivity contribution in [2.24, 2.45) is 35.5 Å². The Labute approximate surface area is 299 Å². The van der Waals surface area contributed by atoms with Crippen molar-refractivity contribution in [3.05, 3.63) is 41.7 Å². The van der Waals surface area contributed by atoms with Crippen molar-refractivity contribution in [1.82, 2.24) is 14.8 Å². The lowest BCUT2D eigenvalue weighted by Gasteiger charge is -2.30. The van der Waals surface area contributed by atoms with Crippen molar-refractivity contribution in [3.8, 4) is 11.5 Å². The molecule has 0 radical (unpaired) electrons. The highest BCUT2D eigenvalue weighted by atomic mass is 16.5. The Morgan fingerprint density at radius 2 is 1.70 bits per heavy atom. The van der Waals surface area contributed by atoms with E-state index in [1.807, 2.05) is 24.4 Å². The lowest BCUT2D eigenvalue weighted by Crippen LogP contribution is -2.25. The molecule has 4 aliphatic carbocycles. The fraction of sp³-hybridized carbons (Fsp3) is 0.690. The number of aliphatic carboxylic acids is 1. The predicted octanol–water partition coefficient (Wildman–Crippen LogP) is 10.2. The minimum atomic E-state index is -0.678. The Bertz CT molecular complexity index is 1600. The Morgan fingerprint density at radius 3 is 2.48 bits per heavy atom. The van der Waals surface area contributed by atoms with Crippen LogP contribution in [0.5, 0.6) is 11.5 Å². The van der Waals surface area contributed by atoms with Crippen LogP contribution in [0.15, 0.2) is 30.5 Å². The van der Waals surface area contributed by atoms with Gasteiger partial charge in [0.25, 0.3) is 0 Å². The summed E-state index contributed by atoms with van der Waals surface area (Å²) in [5.74, 6) is 5.79. The molecule has 4 fully saturated rings. The van der Waals surface area contributed by atoms with E-state index in [9.17, 15) is 9.90 Å². The van der Waals surface area contributed by atoms with Gasteiger partial charge in [0.1, 0.15) is 17.3 Å². The molecule has 0 amide bonds. The van der Waals surface area contributed by atoms with E-state index >= 15 is 0 Å². The third-order valence-electron chi connectivity index (χ3n) is 13.3. The number of nitrogens with zero attached hydrogens (tertiary/aromatic N) is 3. The topological polar surface area (TPSA) is 98.5 Å². The van der Waals surface area contributed by atoms with Gasteiger partial charge in [-0.15, -0.1) is 0 Å². The number of ether oxygens (including phenoxy) is 2. The van der Waals surface area contributed by atoms with Crippen molar-refractivity contribution in [2.45, 2.75) is 135 Å². The minimum Gasteiger partial charge on any atom is -0.497 e. The second kappa shape index (κ2) is 15.9. The van der Waals surface area contributed by atoms with Gasteiger partial charge in [0.05, 0.1) is 42.8 Å². The fourth-order valence-electron chi connectivity index (χ4n) is 10.4. The Hall–Kier alpha value is -3.29. The number of aromatic nitrogens is 3. The van der Waals surface area contributed by atoms with Gasteiger partial charge in [0, 0.05) is 30.3 Å². The van der Waals surface area contributed by atoms with Gasteiger partial charge in [-0.1, -0.05) is 71.1 Å². The monoisotopic (exact) mass is 684 g/mol. The molecule has 0 bridgehead atoms. The van der Waals surface area contributed by atoms with E-state index in [1.165, 1.54) is 89.2 Å². The molecule has 3 aromatic rings. The second-order valence-electron chi connectivity index (χ2n) is 16.3. The predicted molar refractivity (Wildman–Crippen MR) is 199 cm³/mol. The summed E-state index contributed by atoms with van der Waals surface area (Å²) in [5, 5.41) is 20.2. The van der Waals surface area contributed by atoms with Gasteiger partial charge in [0.2, 0.25) is 0 Å². The van der Waals surface area contributed by atoms with Gasteiger partial charge in [-0.05, 0) is 92.7 Å². The van der Waals surface area contributed by atoms with Gasteiger partial charge >= 0.3 is 5.97 Å². The number of hydrogen-bond donors (Lipinski definition) is 2. The van der Waals surface area contributed by atoms with Gasteiger partial charge < -0.3 is 19.9 Å². The molecule has 2 N–H and O–H groups in total. The van der Waals surface area contributed by atoms with Gasteiger partial charge in [-0.2, -0.15) is 5.10 Å².